The van der Waals surface area contributed by atoms with Gasteiger partial charge in [-0.15, -0.1) is 0 Å². The predicted octanol–water partition coefficient (Wildman–Crippen LogP) is 5.01. The van der Waals surface area contributed by atoms with E-state index in [1.165, 1.54) is 48.9 Å². The SMILES string of the molecule is COc1ccc(C2(C)CC3CC[N+]2(CCCOc2ccccc2)CC3)cc1. The Labute approximate surface area is 163 Å². The van der Waals surface area contributed by atoms with Crippen molar-refractivity contribution in [2.45, 2.75) is 38.1 Å². The third kappa shape index (κ3) is 3.45. The van der Waals surface area contributed by atoms with Crippen molar-refractivity contribution >= 4 is 0 Å². The normalized spacial score (nSPS) is 29.5. The van der Waals surface area contributed by atoms with Crippen molar-refractivity contribution in [3.63, 3.8) is 0 Å². The first kappa shape index (κ1) is 18.4. The molecule has 1 atom stereocenters. The van der Waals surface area contributed by atoms with Crippen LogP contribution in [-0.2, 0) is 5.54 Å². The van der Waals surface area contributed by atoms with Crippen molar-refractivity contribution in [3.8, 4) is 11.5 Å². The Hall–Kier alpha value is -2.00. The quantitative estimate of drug-likeness (QED) is 0.506. The van der Waals surface area contributed by atoms with E-state index < -0.39 is 0 Å². The summed E-state index contributed by atoms with van der Waals surface area (Å²) in [4.78, 5) is 0. The van der Waals surface area contributed by atoms with Gasteiger partial charge in [-0.2, -0.15) is 0 Å². The maximum atomic E-state index is 5.98. The molecule has 0 aromatic heterocycles. The van der Waals surface area contributed by atoms with Crippen molar-refractivity contribution < 1.29 is 14.0 Å². The Bertz CT molecular complexity index is 735. The van der Waals surface area contributed by atoms with Gasteiger partial charge in [0.2, 0.25) is 0 Å². The van der Waals surface area contributed by atoms with Crippen LogP contribution in [0.4, 0.5) is 0 Å². The minimum atomic E-state index is 0.209. The molecule has 1 unspecified atom stereocenters. The fourth-order valence-electron chi connectivity index (χ4n) is 5.46. The maximum Gasteiger partial charge on any atom is 0.122 e. The Morgan fingerprint density at radius 3 is 2.33 bits per heavy atom. The number of para-hydroxylation sites is 1. The number of rotatable bonds is 7. The molecule has 0 N–H and O–H groups in total. The molecule has 144 valence electrons. The average Bonchev–Trinajstić information content (AvgIpc) is 2.73. The molecule has 5 rings (SSSR count). The van der Waals surface area contributed by atoms with Crippen molar-refractivity contribution in [1.82, 2.24) is 0 Å². The highest BCUT2D eigenvalue weighted by Crippen LogP contribution is 2.51. The predicted molar refractivity (Wildman–Crippen MR) is 109 cm³/mol. The number of nitrogens with zero attached hydrogens (tertiary/aromatic N) is 1. The molecule has 3 heteroatoms. The van der Waals surface area contributed by atoms with Gasteiger partial charge in [0.25, 0.3) is 0 Å². The van der Waals surface area contributed by atoms with Crippen LogP contribution in [0.1, 0.15) is 38.2 Å². The summed E-state index contributed by atoms with van der Waals surface area (Å²) in [6.45, 7) is 7.10. The van der Waals surface area contributed by atoms with Crippen LogP contribution in [0.5, 0.6) is 11.5 Å². The zero-order valence-electron chi connectivity index (χ0n) is 16.7. The van der Waals surface area contributed by atoms with Crippen molar-refractivity contribution in [1.29, 1.82) is 0 Å². The summed E-state index contributed by atoms with van der Waals surface area (Å²) in [7, 11) is 1.74. The van der Waals surface area contributed by atoms with Gasteiger partial charge in [0.1, 0.15) is 17.0 Å². The zero-order valence-corrected chi connectivity index (χ0v) is 16.7. The fourth-order valence-corrected chi connectivity index (χ4v) is 5.46. The van der Waals surface area contributed by atoms with Gasteiger partial charge in [-0.3, -0.25) is 0 Å². The van der Waals surface area contributed by atoms with Crippen molar-refractivity contribution in [2.24, 2.45) is 5.92 Å². The minimum absolute atomic E-state index is 0.209. The van der Waals surface area contributed by atoms with Crippen molar-refractivity contribution in [2.75, 3.05) is 33.4 Å². The molecule has 2 aromatic rings. The topological polar surface area (TPSA) is 18.5 Å². The van der Waals surface area contributed by atoms with Crippen LogP contribution in [0.2, 0.25) is 0 Å². The van der Waals surface area contributed by atoms with Crippen LogP contribution >= 0.6 is 0 Å². The number of fused-ring (bicyclic) bond motifs is 3. The number of hydrogen-bond acceptors (Lipinski definition) is 2. The number of quaternary nitrogens is 1. The summed E-state index contributed by atoms with van der Waals surface area (Å²) in [5.74, 6) is 2.81. The van der Waals surface area contributed by atoms with E-state index in [2.05, 4.69) is 31.2 Å². The highest BCUT2D eigenvalue weighted by Gasteiger charge is 2.55. The molecule has 3 nitrogen and oxygen atoms in total. The molecule has 2 bridgehead atoms. The third-order valence-electron chi connectivity index (χ3n) is 7.12. The Balaban J connectivity index is 1.48. The second kappa shape index (κ2) is 7.55. The standard InChI is InChI=1S/C24H32NO2/c1-24(21-9-11-22(26-2)12-10-21)19-20-13-16-25(24,17-14-20)15-6-18-27-23-7-4-3-5-8-23/h3-5,7-12,20H,6,13-19H2,1-2H3/q+1. The molecule has 3 aliphatic heterocycles. The summed E-state index contributed by atoms with van der Waals surface area (Å²) in [6.07, 6.45) is 5.17. The summed E-state index contributed by atoms with van der Waals surface area (Å²) in [6, 6.07) is 19.0. The van der Waals surface area contributed by atoms with Crippen LogP contribution in [0.25, 0.3) is 0 Å². The van der Waals surface area contributed by atoms with E-state index >= 15 is 0 Å². The smallest absolute Gasteiger partial charge is 0.122 e. The minimum Gasteiger partial charge on any atom is -0.497 e. The molecule has 0 saturated carbocycles. The first-order valence-corrected chi connectivity index (χ1v) is 10.3. The van der Waals surface area contributed by atoms with Crippen LogP contribution in [0, 0.1) is 5.92 Å². The van der Waals surface area contributed by atoms with E-state index in [1.807, 2.05) is 30.3 Å². The second-order valence-electron chi connectivity index (χ2n) is 8.48. The first-order valence-electron chi connectivity index (χ1n) is 10.3. The molecule has 3 heterocycles. The summed E-state index contributed by atoms with van der Waals surface area (Å²) < 4.78 is 12.6. The summed E-state index contributed by atoms with van der Waals surface area (Å²) in [5.41, 5.74) is 1.68. The second-order valence-corrected chi connectivity index (χ2v) is 8.48. The van der Waals surface area contributed by atoms with E-state index in [4.69, 9.17) is 9.47 Å². The van der Waals surface area contributed by atoms with Gasteiger partial charge in [0.05, 0.1) is 33.4 Å². The summed E-state index contributed by atoms with van der Waals surface area (Å²) >= 11 is 0. The lowest BCUT2D eigenvalue weighted by Crippen LogP contribution is -2.69. The Morgan fingerprint density at radius 2 is 1.67 bits per heavy atom. The third-order valence-corrected chi connectivity index (χ3v) is 7.12. The molecular weight excluding hydrogens is 334 g/mol. The van der Waals surface area contributed by atoms with E-state index in [1.54, 1.807) is 7.11 Å². The van der Waals surface area contributed by atoms with Crippen LogP contribution < -0.4 is 9.47 Å². The molecule has 2 aromatic carbocycles. The molecule has 0 radical (unpaired) electrons. The average molecular weight is 367 g/mol. The number of piperidine rings is 3. The Kier molecular flexibility index (Phi) is 5.14. The van der Waals surface area contributed by atoms with Gasteiger partial charge >= 0.3 is 0 Å². The zero-order chi connectivity index (χ0) is 18.7. The molecule has 3 fully saturated rings. The van der Waals surface area contributed by atoms with Gasteiger partial charge in [-0.1, -0.05) is 18.2 Å². The molecule has 27 heavy (non-hydrogen) atoms. The summed E-state index contributed by atoms with van der Waals surface area (Å²) in [5, 5.41) is 0. The van der Waals surface area contributed by atoms with E-state index in [-0.39, 0.29) is 5.54 Å². The largest absolute Gasteiger partial charge is 0.497 e. The molecule has 3 aliphatic rings. The van der Waals surface area contributed by atoms with Crippen LogP contribution in [0.15, 0.2) is 54.6 Å². The van der Waals surface area contributed by atoms with E-state index in [9.17, 15) is 0 Å². The monoisotopic (exact) mass is 366 g/mol. The van der Waals surface area contributed by atoms with Gasteiger partial charge in [-0.25, -0.2) is 0 Å². The number of hydrogen-bond donors (Lipinski definition) is 0. The molecule has 0 spiro atoms. The van der Waals surface area contributed by atoms with E-state index in [0.29, 0.717) is 0 Å². The van der Waals surface area contributed by atoms with Crippen molar-refractivity contribution in [3.05, 3.63) is 60.2 Å². The highest BCUT2D eigenvalue weighted by molar-refractivity contribution is 5.31. The van der Waals surface area contributed by atoms with Gasteiger partial charge in [0, 0.05) is 18.4 Å². The van der Waals surface area contributed by atoms with Crippen LogP contribution in [-0.4, -0.2) is 37.8 Å². The fraction of sp³-hybridized carbons (Fsp3) is 0.500. The lowest BCUT2D eigenvalue weighted by atomic mass is 9.69. The van der Waals surface area contributed by atoms with E-state index in [0.717, 1.165) is 30.4 Å². The van der Waals surface area contributed by atoms with Gasteiger partial charge < -0.3 is 14.0 Å². The number of benzene rings is 2. The number of methoxy groups -OCH3 is 1. The molecular formula is C24H32NO2+. The highest BCUT2D eigenvalue weighted by atomic mass is 16.5. The first-order chi connectivity index (χ1) is 13.2. The molecule has 3 saturated heterocycles. The lowest BCUT2D eigenvalue weighted by molar-refractivity contribution is -0.997. The maximum absolute atomic E-state index is 5.98. The lowest BCUT2D eigenvalue weighted by Gasteiger charge is -2.61. The van der Waals surface area contributed by atoms with Crippen LogP contribution in [0.3, 0.4) is 0 Å². The Morgan fingerprint density at radius 1 is 0.963 bits per heavy atom. The number of ether oxygens (including phenoxy) is 2. The van der Waals surface area contributed by atoms with Gasteiger partial charge in [0.15, 0.2) is 0 Å². The molecule has 0 aliphatic carbocycles. The van der Waals surface area contributed by atoms with Gasteiger partial charge in [-0.05, 0) is 62.1 Å². The molecule has 0 amide bonds.